The van der Waals surface area contributed by atoms with Gasteiger partial charge in [-0.3, -0.25) is 14.4 Å². The normalized spacial score (nSPS) is 20.7. The molecule has 2 unspecified atom stereocenters. The Hall–Kier alpha value is -1.96. The molecular weight excluding hydrogens is 328 g/mol. The molecule has 0 radical (unpaired) electrons. The minimum atomic E-state index is -0.748. The molecule has 1 aromatic rings. The number of amides is 3. The first-order chi connectivity index (χ1) is 11.0. The van der Waals surface area contributed by atoms with Gasteiger partial charge in [0.1, 0.15) is 10.8 Å². The lowest BCUT2D eigenvalue weighted by atomic mass is 9.74. The van der Waals surface area contributed by atoms with Crippen LogP contribution in [-0.4, -0.2) is 48.2 Å². The quantitative estimate of drug-likeness (QED) is 0.807. The Morgan fingerprint density at radius 2 is 1.96 bits per heavy atom. The summed E-state index contributed by atoms with van der Waals surface area (Å²) in [4.78, 5) is 43.0. The fraction of sp³-hybridized carbons (Fsp3) is 0.625. The molecule has 7 nitrogen and oxygen atoms in total. The first-order valence-electron chi connectivity index (χ1n) is 7.80. The second-order valence-electron chi connectivity index (χ2n) is 7.32. The van der Waals surface area contributed by atoms with Crippen molar-refractivity contribution in [1.29, 1.82) is 0 Å². The Labute approximate surface area is 145 Å². The number of nitrogens with zero attached hydrogens (tertiary/aromatic N) is 2. The molecule has 2 N–H and O–H groups in total. The lowest BCUT2D eigenvalue weighted by molar-refractivity contribution is -0.132. The Bertz CT molecular complexity index is 675. The second kappa shape index (κ2) is 6.51. The van der Waals surface area contributed by atoms with E-state index in [0.717, 1.165) is 11.3 Å². The maximum Gasteiger partial charge on any atom is 0.265 e. The van der Waals surface area contributed by atoms with E-state index in [9.17, 15) is 14.4 Å². The number of hydrogen-bond acceptors (Lipinski definition) is 5. The van der Waals surface area contributed by atoms with E-state index in [1.165, 1.54) is 4.90 Å². The average molecular weight is 352 g/mol. The van der Waals surface area contributed by atoms with Crippen LogP contribution in [0.2, 0.25) is 0 Å². The Kier molecular flexibility index (Phi) is 4.98. The molecule has 1 aliphatic rings. The van der Waals surface area contributed by atoms with Crippen molar-refractivity contribution in [3.05, 3.63) is 10.6 Å². The van der Waals surface area contributed by atoms with Crippen LogP contribution in [0.4, 0.5) is 5.13 Å². The van der Waals surface area contributed by atoms with Gasteiger partial charge in [-0.25, -0.2) is 4.98 Å². The fourth-order valence-corrected chi connectivity index (χ4v) is 3.75. The van der Waals surface area contributed by atoms with Crippen molar-refractivity contribution >= 4 is 34.2 Å². The molecule has 2 rings (SSSR count). The van der Waals surface area contributed by atoms with Gasteiger partial charge >= 0.3 is 0 Å². The molecule has 3 amide bonds. The molecule has 0 spiro atoms. The third-order valence-electron chi connectivity index (χ3n) is 4.20. The van der Waals surface area contributed by atoms with E-state index in [1.54, 1.807) is 21.0 Å². The first-order valence-corrected chi connectivity index (χ1v) is 8.61. The van der Waals surface area contributed by atoms with Crippen LogP contribution in [0.15, 0.2) is 0 Å². The lowest BCUT2D eigenvalue weighted by Gasteiger charge is -2.29. The summed E-state index contributed by atoms with van der Waals surface area (Å²) in [6.07, 6.45) is 0. The molecular formula is C16H24N4O3S. The van der Waals surface area contributed by atoms with Crippen LogP contribution in [0, 0.1) is 24.2 Å². The third-order valence-corrected chi connectivity index (χ3v) is 5.26. The number of thiazole rings is 1. The van der Waals surface area contributed by atoms with Crippen molar-refractivity contribution in [2.24, 2.45) is 17.3 Å². The van der Waals surface area contributed by atoms with E-state index in [1.807, 2.05) is 20.8 Å². The number of carbonyl (C=O) groups excluding carboxylic acids is 3. The van der Waals surface area contributed by atoms with E-state index < -0.39 is 5.92 Å². The number of aryl methyl sites for hydroxylation is 1. The molecule has 0 bridgehead atoms. The third kappa shape index (κ3) is 3.58. The summed E-state index contributed by atoms with van der Waals surface area (Å²) in [5, 5.41) is 5.82. The number of aromatic nitrogens is 1. The van der Waals surface area contributed by atoms with E-state index >= 15 is 0 Å². The van der Waals surface area contributed by atoms with E-state index in [0.29, 0.717) is 22.2 Å². The second-order valence-corrected chi connectivity index (χ2v) is 8.32. The van der Waals surface area contributed by atoms with Gasteiger partial charge in [-0.05, 0) is 12.3 Å². The molecule has 8 heteroatoms. The van der Waals surface area contributed by atoms with Crippen molar-refractivity contribution < 1.29 is 14.4 Å². The molecule has 0 aromatic carbocycles. The largest absolute Gasteiger partial charge is 0.355 e. The van der Waals surface area contributed by atoms with Gasteiger partial charge in [0.15, 0.2) is 5.13 Å². The summed E-state index contributed by atoms with van der Waals surface area (Å²) < 4.78 is 0. The highest BCUT2D eigenvalue weighted by molar-refractivity contribution is 7.17. The highest BCUT2D eigenvalue weighted by Gasteiger charge is 2.45. The monoisotopic (exact) mass is 352 g/mol. The zero-order valence-corrected chi connectivity index (χ0v) is 15.7. The molecule has 0 saturated carbocycles. The summed E-state index contributed by atoms with van der Waals surface area (Å²) in [5.74, 6) is -1.62. The maximum atomic E-state index is 12.6. The van der Waals surface area contributed by atoms with Crippen molar-refractivity contribution in [3.8, 4) is 0 Å². The highest BCUT2D eigenvalue weighted by atomic mass is 32.1. The van der Waals surface area contributed by atoms with Gasteiger partial charge in [-0.15, -0.1) is 0 Å². The van der Waals surface area contributed by atoms with E-state index in [2.05, 4.69) is 15.6 Å². The number of hydrogen-bond donors (Lipinski definition) is 2. The standard InChI is InChI=1S/C16H24N4O3S/c1-8-11(14(23)20(5)6)24-15(18-8)19-13(22)10-9(16(2,3)4)7-17-12(10)21/h9-10H,7H2,1-6H3,(H,17,21)(H,18,19,22). The number of rotatable bonds is 3. The zero-order chi connectivity index (χ0) is 18.2. The molecule has 2 atom stereocenters. The Morgan fingerprint density at radius 1 is 1.33 bits per heavy atom. The van der Waals surface area contributed by atoms with Crippen molar-refractivity contribution in [2.75, 3.05) is 26.0 Å². The van der Waals surface area contributed by atoms with Crippen LogP contribution in [0.3, 0.4) is 0 Å². The van der Waals surface area contributed by atoms with Gasteiger partial charge in [0, 0.05) is 26.6 Å². The predicted molar refractivity (Wildman–Crippen MR) is 92.9 cm³/mol. The highest BCUT2D eigenvalue weighted by Crippen LogP contribution is 2.36. The Morgan fingerprint density at radius 3 is 2.50 bits per heavy atom. The minimum Gasteiger partial charge on any atom is -0.355 e. The van der Waals surface area contributed by atoms with E-state index in [-0.39, 0.29) is 29.1 Å². The summed E-state index contributed by atoms with van der Waals surface area (Å²) in [6.45, 7) is 8.25. The molecule has 0 aliphatic carbocycles. The van der Waals surface area contributed by atoms with Gasteiger partial charge in [-0.1, -0.05) is 32.1 Å². The van der Waals surface area contributed by atoms with Crippen molar-refractivity contribution in [1.82, 2.24) is 15.2 Å². The van der Waals surface area contributed by atoms with Crippen molar-refractivity contribution in [3.63, 3.8) is 0 Å². The lowest BCUT2D eigenvalue weighted by Crippen LogP contribution is -2.37. The van der Waals surface area contributed by atoms with Crippen LogP contribution in [0.1, 0.15) is 36.1 Å². The van der Waals surface area contributed by atoms with Gasteiger partial charge in [-0.2, -0.15) is 0 Å². The molecule has 1 fully saturated rings. The fourth-order valence-electron chi connectivity index (χ4n) is 2.76. The zero-order valence-electron chi connectivity index (χ0n) is 14.9. The molecule has 24 heavy (non-hydrogen) atoms. The topological polar surface area (TPSA) is 91.4 Å². The average Bonchev–Trinajstić information content (AvgIpc) is 3.00. The van der Waals surface area contributed by atoms with Crippen LogP contribution in [0.5, 0.6) is 0 Å². The molecule has 2 heterocycles. The van der Waals surface area contributed by atoms with Crippen LogP contribution in [-0.2, 0) is 9.59 Å². The number of anilines is 1. The first kappa shape index (κ1) is 18.4. The molecule has 1 saturated heterocycles. The van der Waals surface area contributed by atoms with Gasteiger partial charge in [0.2, 0.25) is 11.8 Å². The summed E-state index contributed by atoms with van der Waals surface area (Å²) in [7, 11) is 3.33. The predicted octanol–water partition coefficient (Wildman–Crippen LogP) is 1.50. The number of nitrogens with one attached hydrogen (secondary N) is 2. The van der Waals surface area contributed by atoms with Crippen LogP contribution in [0.25, 0.3) is 0 Å². The molecule has 1 aromatic heterocycles. The van der Waals surface area contributed by atoms with Crippen molar-refractivity contribution in [2.45, 2.75) is 27.7 Å². The SMILES string of the molecule is Cc1nc(NC(=O)C2C(=O)NCC2C(C)(C)C)sc1C(=O)N(C)C. The van der Waals surface area contributed by atoms with Gasteiger partial charge in [0.25, 0.3) is 5.91 Å². The smallest absolute Gasteiger partial charge is 0.265 e. The Balaban J connectivity index is 2.19. The van der Waals surface area contributed by atoms with E-state index in [4.69, 9.17) is 0 Å². The van der Waals surface area contributed by atoms with Gasteiger partial charge in [0.05, 0.1) is 5.69 Å². The van der Waals surface area contributed by atoms with Gasteiger partial charge < -0.3 is 15.5 Å². The minimum absolute atomic E-state index is 0.0889. The van der Waals surface area contributed by atoms with Crippen LogP contribution >= 0.6 is 11.3 Å². The summed E-state index contributed by atoms with van der Waals surface area (Å²) in [5.41, 5.74) is 0.392. The number of carbonyl (C=O) groups is 3. The maximum absolute atomic E-state index is 12.6. The molecule has 132 valence electrons. The summed E-state index contributed by atoms with van der Waals surface area (Å²) >= 11 is 1.13. The molecule has 1 aliphatic heterocycles. The van der Waals surface area contributed by atoms with Crippen LogP contribution < -0.4 is 10.6 Å². The summed E-state index contributed by atoms with van der Waals surface area (Å²) in [6, 6.07) is 0.